The number of hydrogen-bond donors (Lipinski definition) is 2. The summed E-state index contributed by atoms with van der Waals surface area (Å²) in [5.74, 6) is -0.462. The number of nitro groups is 1. The zero-order chi connectivity index (χ0) is 17.6. The zero-order valence-electron chi connectivity index (χ0n) is 12.9. The SMILES string of the molecule is O=C(N/N=C/c1ccccc1)c1cc(-c2cccc([N+](=O)[O-])c2)n[nH]1. The number of non-ortho nitro benzene ring substituents is 1. The van der Waals surface area contributed by atoms with E-state index >= 15 is 0 Å². The number of carbonyl (C=O) groups excluding carboxylic acids is 1. The highest BCUT2D eigenvalue weighted by Gasteiger charge is 2.13. The summed E-state index contributed by atoms with van der Waals surface area (Å²) in [6.07, 6.45) is 1.52. The number of aromatic amines is 1. The lowest BCUT2D eigenvalue weighted by molar-refractivity contribution is -0.384. The van der Waals surface area contributed by atoms with Crippen LogP contribution in [0.4, 0.5) is 5.69 Å². The number of carbonyl (C=O) groups is 1. The summed E-state index contributed by atoms with van der Waals surface area (Å²) in [6, 6.07) is 16.9. The minimum atomic E-state index is -0.484. The molecule has 1 amide bonds. The summed E-state index contributed by atoms with van der Waals surface area (Å²) in [4.78, 5) is 22.4. The van der Waals surface area contributed by atoms with E-state index < -0.39 is 10.8 Å². The first kappa shape index (κ1) is 16.1. The van der Waals surface area contributed by atoms with Gasteiger partial charge in [0, 0.05) is 17.7 Å². The van der Waals surface area contributed by atoms with E-state index in [1.54, 1.807) is 12.1 Å². The van der Waals surface area contributed by atoms with E-state index in [0.717, 1.165) is 5.56 Å². The molecule has 2 N–H and O–H groups in total. The third-order valence-electron chi connectivity index (χ3n) is 3.35. The van der Waals surface area contributed by atoms with Crippen molar-refractivity contribution in [3.05, 3.63) is 82.0 Å². The topological polar surface area (TPSA) is 113 Å². The Morgan fingerprint density at radius 2 is 1.96 bits per heavy atom. The van der Waals surface area contributed by atoms with E-state index in [1.807, 2.05) is 30.3 Å². The van der Waals surface area contributed by atoms with Gasteiger partial charge in [-0.05, 0) is 11.6 Å². The molecule has 8 heteroatoms. The number of nitro benzene ring substituents is 1. The van der Waals surface area contributed by atoms with Crippen molar-refractivity contribution in [2.45, 2.75) is 0 Å². The van der Waals surface area contributed by atoms with Crippen molar-refractivity contribution in [3.63, 3.8) is 0 Å². The van der Waals surface area contributed by atoms with Crippen molar-refractivity contribution < 1.29 is 9.72 Å². The second-order valence-corrected chi connectivity index (χ2v) is 5.08. The fourth-order valence-corrected chi connectivity index (χ4v) is 2.13. The van der Waals surface area contributed by atoms with Crippen LogP contribution in [-0.2, 0) is 0 Å². The van der Waals surface area contributed by atoms with Crippen LogP contribution in [0.5, 0.6) is 0 Å². The average Bonchev–Trinajstić information content (AvgIpc) is 3.13. The summed E-state index contributed by atoms with van der Waals surface area (Å²) in [7, 11) is 0. The number of nitrogens with zero attached hydrogens (tertiary/aromatic N) is 3. The number of nitrogens with one attached hydrogen (secondary N) is 2. The molecule has 0 bridgehead atoms. The lowest BCUT2D eigenvalue weighted by Crippen LogP contribution is -2.17. The summed E-state index contributed by atoms with van der Waals surface area (Å²) >= 11 is 0. The van der Waals surface area contributed by atoms with Gasteiger partial charge in [-0.25, -0.2) is 5.43 Å². The van der Waals surface area contributed by atoms with Gasteiger partial charge in [0.15, 0.2) is 0 Å². The molecule has 0 saturated carbocycles. The summed E-state index contributed by atoms with van der Waals surface area (Å²) < 4.78 is 0. The standard InChI is InChI=1S/C17H13N5O3/c23-17(21-18-11-12-5-2-1-3-6-12)16-10-15(19-20-16)13-7-4-8-14(9-13)22(24)25/h1-11H,(H,19,20)(H,21,23)/b18-11+. The molecular formula is C17H13N5O3. The molecule has 0 spiro atoms. The molecule has 0 saturated heterocycles. The monoisotopic (exact) mass is 335 g/mol. The smallest absolute Gasteiger partial charge is 0.272 e. The van der Waals surface area contributed by atoms with E-state index in [2.05, 4.69) is 20.7 Å². The fourth-order valence-electron chi connectivity index (χ4n) is 2.13. The molecule has 3 aromatic rings. The Balaban J connectivity index is 1.70. The van der Waals surface area contributed by atoms with Gasteiger partial charge in [0.2, 0.25) is 0 Å². The number of hydrazone groups is 1. The molecule has 0 radical (unpaired) electrons. The summed E-state index contributed by atoms with van der Waals surface area (Å²) in [5, 5.41) is 21.3. The van der Waals surface area contributed by atoms with Gasteiger partial charge in [0.05, 0.1) is 16.8 Å². The van der Waals surface area contributed by atoms with Crippen LogP contribution >= 0.6 is 0 Å². The average molecular weight is 335 g/mol. The minimum Gasteiger partial charge on any atom is -0.272 e. The molecule has 1 heterocycles. The van der Waals surface area contributed by atoms with Gasteiger partial charge in [0.1, 0.15) is 5.69 Å². The normalized spacial score (nSPS) is 10.7. The van der Waals surface area contributed by atoms with Crippen LogP contribution in [0.15, 0.2) is 65.8 Å². The summed E-state index contributed by atoms with van der Waals surface area (Å²) in [5.41, 5.74) is 4.37. The number of H-pyrrole nitrogens is 1. The van der Waals surface area contributed by atoms with Gasteiger partial charge in [-0.2, -0.15) is 10.2 Å². The van der Waals surface area contributed by atoms with Crippen molar-refractivity contribution in [3.8, 4) is 11.3 Å². The van der Waals surface area contributed by atoms with E-state index in [4.69, 9.17) is 0 Å². The first-order valence-electron chi connectivity index (χ1n) is 7.32. The maximum Gasteiger partial charge on any atom is 0.289 e. The Morgan fingerprint density at radius 3 is 2.72 bits per heavy atom. The highest BCUT2D eigenvalue weighted by atomic mass is 16.6. The Bertz CT molecular complexity index is 934. The predicted molar refractivity (Wildman–Crippen MR) is 92.2 cm³/mol. The van der Waals surface area contributed by atoms with Gasteiger partial charge in [-0.15, -0.1) is 0 Å². The molecule has 1 aromatic heterocycles. The van der Waals surface area contributed by atoms with E-state index in [9.17, 15) is 14.9 Å². The summed E-state index contributed by atoms with van der Waals surface area (Å²) in [6.45, 7) is 0. The van der Waals surface area contributed by atoms with Crippen molar-refractivity contribution in [2.24, 2.45) is 5.10 Å². The maximum atomic E-state index is 12.1. The van der Waals surface area contributed by atoms with Crippen LogP contribution in [0.2, 0.25) is 0 Å². The highest BCUT2D eigenvalue weighted by Crippen LogP contribution is 2.22. The van der Waals surface area contributed by atoms with E-state index in [1.165, 1.54) is 24.4 Å². The molecule has 3 rings (SSSR count). The third-order valence-corrected chi connectivity index (χ3v) is 3.35. The van der Waals surface area contributed by atoms with Crippen molar-refractivity contribution in [1.82, 2.24) is 15.6 Å². The van der Waals surface area contributed by atoms with Crippen LogP contribution in [-0.4, -0.2) is 27.2 Å². The molecule has 8 nitrogen and oxygen atoms in total. The lowest BCUT2D eigenvalue weighted by Gasteiger charge is -1.96. The Labute approximate surface area is 142 Å². The second-order valence-electron chi connectivity index (χ2n) is 5.08. The molecule has 124 valence electrons. The predicted octanol–water partition coefficient (Wildman–Crippen LogP) is 2.75. The van der Waals surface area contributed by atoms with Crippen LogP contribution in [0.25, 0.3) is 11.3 Å². The number of rotatable bonds is 5. The van der Waals surface area contributed by atoms with Gasteiger partial charge in [0.25, 0.3) is 11.6 Å². The molecule has 0 aliphatic heterocycles. The largest absolute Gasteiger partial charge is 0.289 e. The molecular weight excluding hydrogens is 322 g/mol. The van der Waals surface area contributed by atoms with Crippen LogP contribution in [0.1, 0.15) is 16.1 Å². The highest BCUT2D eigenvalue weighted by molar-refractivity contribution is 5.94. The zero-order valence-corrected chi connectivity index (χ0v) is 12.9. The molecule has 0 unspecified atom stereocenters. The molecule has 25 heavy (non-hydrogen) atoms. The van der Waals surface area contributed by atoms with Gasteiger partial charge in [-0.3, -0.25) is 20.0 Å². The van der Waals surface area contributed by atoms with Crippen LogP contribution < -0.4 is 5.43 Å². The van der Waals surface area contributed by atoms with Crippen molar-refractivity contribution >= 4 is 17.8 Å². The quantitative estimate of drug-likeness (QED) is 0.424. The number of amides is 1. The number of aromatic nitrogens is 2. The molecule has 2 aromatic carbocycles. The second kappa shape index (κ2) is 7.18. The molecule has 0 atom stereocenters. The Hall–Kier alpha value is -3.81. The molecule has 0 aliphatic carbocycles. The van der Waals surface area contributed by atoms with Crippen molar-refractivity contribution in [1.29, 1.82) is 0 Å². The fraction of sp³-hybridized carbons (Fsp3) is 0. The molecule has 0 fully saturated rings. The van der Waals surface area contributed by atoms with E-state index in [0.29, 0.717) is 11.3 Å². The number of hydrogen-bond acceptors (Lipinski definition) is 5. The van der Waals surface area contributed by atoms with Crippen LogP contribution in [0.3, 0.4) is 0 Å². The first-order valence-corrected chi connectivity index (χ1v) is 7.32. The lowest BCUT2D eigenvalue weighted by atomic mass is 10.1. The van der Waals surface area contributed by atoms with Crippen LogP contribution in [0, 0.1) is 10.1 Å². The van der Waals surface area contributed by atoms with Gasteiger partial charge >= 0.3 is 0 Å². The Morgan fingerprint density at radius 1 is 1.16 bits per heavy atom. The number of benzene rings is 2. The first-order chi connectivity index (χ1) is 12.1. The van der Waals surface area contributed by atoms with Gasteiger partial charge in [-0.1, -0.05) is 42.5 Å². The maximum absolute atomic E-state index is 12.1. The van der Waals surface area contributed by atoms with Gasteiger partial charge < -0.3 is 0 Å². The molecule has 0 aliphatic rings. The Kier molecular flexibility index (Phi) is 4.61. The third kappa shape index (κ3) is 3.94. The van der Waals surface area contributed by atoms with Crippen molar-refractivity contribution in [2.75, 3.05) is 0 Å². The van der Waals surface area contributed by atoms with E-state index in [-0.39, 0.29) is 11.4 Å². The minimum absolute atomic E-state index is 0.0426.